The molecule has 1 aliphatic heterocycles. The Hall–Kier alpha value is -3.57. The van der Waals surface area contributed by atoms with Crippen molar-refractivity contribution in [1.82, 2.24) is 19.7 Å². The molecule has 3 aromatic rings. The van der Waals surface area contributed by atoms with E-state index in [1.807, 2.05) is 19.9 Å². The van der Waals surface area contributed by atoms with E-state index in [-0.39, 0.29) is 29.8 Å². The molecule has 1 aromatic carbocycles. The minimum atomic E-state index is -4.40. The number of nitrogens with one attached hydrogen (secondary N) is 1. The van der Waals surface area contributed by atoms with Crippen molar-refractivity contribution in [3.63, 3.8) is 0 Å². The number of nitrogens with two attached hydrogens (primary N) is 1. The Morgan fingerprint density at radius 2 is 2.02 bits per heavy atom. The summed E-state index contributed by atoms with van der Waals surface area (Å²) in [5.74, 6) is -0.227. The molecule has 3 heterocycles. The Morgan fingerprint density at radius 3 is 2.71 bits per heavy atom. The molecule has 0 radical (unpaired) electrons. The summed E-state index contributed by atoms with van der Waals surface area (Å²) < 4.78 is 37.7. The van der Waals surface area contributed by atoms with E-state index in [0.29, 0.717) is 5.52 Å². The van der Waals surface area contributed by atoms with Crippen LogP contribution in [0.2, 0.25) is 0 Å². The fourth-order valence-electron chi connectivity index (χ4n) is 4.12. The van der Waals surface area contributed by atoms with Gasteiger partial charge in [0.1, 0.15) is 54.6 Å². The normalized spacial score (nSPS) is 25.2. The van der Waals surface area contributed by atoms with Crippen molar-refractivity contribution in [2.45, 2.75) is 57.1 Å². The number of ether oxygens (including phenoxy) is 2. The van der Waals surface area contributed by atoms with E-state index < -0.39 is 50.3 Å². The van der Waals surface area contributed by atoms with Gasteiger partial charge in [0, 0.05) is 0 Å². The van der Waals surface area contributed by atoms with E-state index in [1.165, 1.54) is 29.9 Å². The Morgan fingerprint density at radius 1 is 1.29 bits per heavy atom. The number of carbonyl (C=O) groups excluding carboxylic acids is 1. The van der Waals surface area contributed by atoms with E-state index in [1.54, 1.807) is 30.3 Å². The van der Waals surface area contributed by atoms with Crippen molar-refractivity contribution < 1.29 is 38.1 Å². The number of nitriles is 1. The molecule has 15 heteroatoms. The predicted molar refractivity (Wildman–Crippen MR) is 145 cm³/mol. The second kappa shape index (κ2) is 12.5. The number of nitrogens with zero attached hydrogens (tertiary/aromatic N) is 4. The average Bonchev–Trinajstić information content (AvgIpc) is 3.51. The van der Waals surface area contributed by atoms with Gasteiger partial charge in [0.15, 0.2) is 5.82 Å². The maximum Gasteiger partial charge on any atom is 0.459 e. The first-order valence-corrected chi connectivity index (χ1v) is 14.5. The molecule has 1 saturated heterocycles. The molecule has 14 nitrogen and oxygen atoms in total. The van der Waals surface area contributed by atoms with E-state index in [9.17, 15) is 24.8 Å². The topological polar surface area (TPSA) is 204 Å². The fraction of sp³-hybridized carbons (Fsp3) is 0.462. The van der Waals surface area contributed by atoms with Crippen molar-refractivity contribution >= 4 is 25.1 Å². The van der Waals surface area contributed by atoms with Crippen LogP contribution in [0.25, 0.3) is 5.52 Å². The standard InChI is InChI=1S/C26H33N6O8P/c1-4-16(2)12-37-25(35)17(3)31-41(36,40-18-8-6-5-7-9-18)38-14-26(13-27)23(34)21(33)22(39-26)19-10-11-20-24(28)29-15-30-32(19)20/h5-11,15-17,21-23,33-34H,4,12,14H2,1-3H3,(H,31,36)(H2,28,29,30)/t16?,17-,21-,22-,23-,26+,41?/m0/s1. The first kappa shape index (κ1) is 30.4. The van der Waals surface area contributed by atoms with Crippen LogP contribution in [0.15, 0.2) is 48.8 Å². The Bertz CT molecular complexity index is 1450. The summed E-state index contributed by atoms with van der Waals surface area (Å²) in [6.45, 7) is 4.68. The molecule has 5 N–H and O–H groups in total. The van der Waals surface area contributed by atoms with Crippen molar-refractivity contribution in [2.24, 2.45) is 5.92 Å². The number of carbonyl (C=O) groups is 1. The predicted octanol–water partition coefficient (Wildman–Crippen LogP) is 2.14. The molecule has 41 heavy (non-hydrogen) atoms. The van der Waals surface area contributed by atoms with E-state index in [0.717, 1.165) is 6.42 Å². The first-order chi connectivity index (χ1) is 19.5. The molecule has 7 atom stereocenters. The summed E-state index contributed by atoms with van der Waals surface area (Å²) in [7, 11) is -4.40. The number of aliphatic hydroxyl groups is 2. The van der Waals surface area contributed by atoms with Crippen LogP contribution in [-0.2, 0) is 23.4 Å². The highest BCUT2D eigenvalue weighted by atomic mass is 31.2. The summed E-state index contributed by atoms with van der Waals surface area (Å²) in [6, 6.07) is 11.9. The van der Waals surface area contributed by atoms with Gasteiger partial charge >= 0.3 is 13.7 Å². The molecular weight excluding hydrogens is 555 g/mol. The summed E-state index contributed by atoms with van der Waals surface area (Å²) in [6.07, 6.45) is -2.60. The summed E-state index contributed by atoms with van der Waals surface area (Å²) in [5.41, 5.74) is 4.43. The van der Waals surface area contributed by atoms with Crippen LogP contribution in [0, 0.1) is 17.2 Å². The van der Waals surface area contributed by atoms with Gasteiger partial charge in [0.05, 0.1) is 12.3 Å². The van der Waals surface area contributed by atoms with Gasteiger partial charge in [0.2, 0.25) is 5.60 Å². The van der Waals surface area contributed by atoms with Crippen LogP contribution in [0.5, 0.6) is 5.75 Å². The molecule has 0 amide bonds. The lowest BCUT2D eigenvalue weighted by atomic mass is 9.96. The van der Waals surface area contributed by atoms with E-state index >= 15 is 0 Å². The largest absolute Gasteiger partial charge is 0.464 e. The highest BCUT2D eigenvalue weighted by molar-refractivity contribution is 7.52. The number of hydrogen-bond acceptors (Lipinski definition) is 12. The van der Waals surface area contributed by atoms with Gasteiger partial charge in [0.25, 0.3) is 0 Å². The lowest BCUT2D eigenvalue weighted by molar-refractivity contribution is -0.146. The summed E-state index contributed by atoms with van der Waals surface area (Å²) in [4.78, 5) is 16.5. The van der Waals surface area contributed by atoms with Gasteiger partial charge in [-0.2, -0.15) is 15.4 Å². The molecule has 4 rings (SSSR count). The monoisotopic (exact) mass is 588 g/mol. The highest BCUT2D eigenvalue weighted by Crippen LogP contribution is 2.48. The SMILES string of the molecule is CCC(C)COC(=O)[C@H](C)NP(=O)(OC[C@@]1(C#N)O[C@@H](c2ccc3c(N)ncnn23)[C@H](O)[C@@H]1O)Oc1ccccc1. The van der Waals surface area contributed by atoms with Crippen LogP contribution in [0.1, 0.15) is 39.0 Å². The quantitative estimate of drug-likeness (QED) is 0.177. The number of esters is 1. The Balaban J connectivity index is 1.56. The molecule has 0 saturated carbocycles. The number of rotatable bonds is 12. The smallest absolute Gasteiger partial charge is 0.459 e. The lowest BCUT2D eigenvalue weighted by Gasteiger charge is -2.28. The van der Waals surface area contributed by atoms with Gasteiger partial charge in [-0.15, -0.1) is 0 Å². The summed E-state index contributed by atoms with van der Waals surface area (Å²) in [5, 5.41) is 38.5. The van der Waals surface area contributed by atoms with Gasteiger partial charge < -0.3 is 29.9 Å². The number of aromatic nitrogens is 3. The number of anilines is 1. The van der Waals surface area contributed by atoms with E-state index in [4.69, 9.17) is 24.3 Å². The molecule has 2 aromatic heterocycles. The zero-order chi connectivity index (χ0) is 29.8. The van der Waals surface area contributed by atoms with Crippen LogP contribution in [0.3, 0.4) is 0 Å². The zero-order valence-electron chi connectivity index (χ0n) is 22.8. The minimum absolute atomic E-state index is 0.131. The molecule has 0 bridgehead atoms. The number of hydrogen-bond donors (Lipinski definition) is 4. The molecular formula is C26H33N6O8P. The lowest BCUT2D eigenvalue weighted by Crippen LogP contribution is -2.46. The second-order valence-corrected chi connectivity index (χ2v) is 11.5. The van der Waals surface area contributed by atoms with Gasteiger partial charge in [-0.3, -0.25) is 9.32 Å². The number of para-hydroxylation sites is 1. The fourth-order valence-corrected chi connectivity index (χ4v) is 5.64. The molecule has 220 valence electrons. The number of nitrogen functional groups attached to an aromatic ring is 1. The van der Waals surface area contributed by atoms with Crippen molar-refractivity contribution in [3.8, 4) is 11.8 Å². The van der Waals surface area contributed by atoms with Crippen LogP contribution < -0.4 is 15.3 Å². The van der Waals surface area contributed by atoms with Crippen LogP contribution in [0.4, 0.5) is 5.82 Å². The third kappa shape index (κ3) is 6.51. The van der Waals surface area contributed by atoms with Gasteiger partial charge in [-0.1, -0.05) is 38.5 Å². The van der Waals surface area contributed by atoms with Crippen molar-refractivity contribution in [3.05, 3.63) is 54.5 Å². The zero-order valence-corrected chi connectivity index (χ0v) is 23.7. The molecule has 1 fully saturated rings. The van der Waals surface area contributed by atoms with Crippen LogP contribution >= 0.6 is 7.75 Å². The minimum Gasteiger partial charge on any atom is -0.464 e. The average molecular weight is 589 g/mol. The maximum atomic E-state index is 13.9. The second-order valence-electron chi connectivity index (χ2n) is 9.85. The third-order valence-corrected chi connectivity index (χ3v) is 8.39. The molecule has 2 unspecified atom stereocenters. The first-order valence-electron chi connectivity index (χ1n) is 13.0. The summed E-state index contributed by atoms with van der Waals surface area (Å²) >= 11 is 0. The molecule has 0 aliphatic carbocycles. The number of benzene rings is 1. The Kier molecular flexibility index (Phi) is 9.28. The molecule has 0 spiro atoms. The van der Waals surface area contributed by atoms with Crippen molar-refractivity contribution in [1.29, 1.82) is 5.26 Å². The highest BCUT2D eigenvalue weighted by Gasteiger charge is 2.57. The number of aliphatic hydroxyl groups excluding tert-OH is 2. The Labute approximate surface area is 236 Å². The maximum absolute atomic E-state index is 13.9. The van der Waals surface area contributed by atoms with Crippen molar-refractivity contribution in [2.75, 3.05) is 18.9 Å². The molecule has 1 aliphatic rings. The van der Waals surface area contributed by atoms with Crippen LogP contribution in [-0.4, -0.2) is 67.8 Å². The number of fused-ring (bicyclic) bond motifs is 1. The van der Waals surface area contributed by atoms with Gasteiger partial charge in [-0.05, 0) is 37.1 Å². The van der Waals surface area contributed by atoms with E-state index in [2.05, 4.69) is 15.2 Å². The third-order valence-electron chi connectivity index (χ3n) is 6.77. The van der Waals surface area contributed by atoms with Gasteiger partial charge in [-0.25, -0.2) is 14.1 Å².